The predicted octanol–water partition coefficient (Wildman–Crippen LogP) is 2.86. The largest absolute Gasteiger partial charge is 0.420 e. The highest BCUT2D eigenvalue weighted by molar-refractivity contribution is 5.72. The van der Waals surface area contributed by atoms with Crippen molar-refractivity contribution in [1.82, 2.24) is 0 Å². The number of carbonyl (C=O) groups excluding carboxylic acids is 1. The van der Waals surface area contributed by atoms with Gasteiger partial charge in [-0.2, -0.15) is 8.78 Å². The van der Waals surface area contributed by atoms with Gasteiger partial charge in [-0.25, -0.2) is 17.6 Å². The Morgan fingerprint density at radius 3 is 0.732 bits per heavy atom. The highest BCUT2D eigenvalue weighted by atomic mass is 19.2. The van der Waals surface area contributed by atoms with Gasteiger partial charge >= 0.3 is 5.97 Å². The van der Waals surface area contributed by atoms with Crippen molar-refractivity contribution in [3.05, 3.63) is 29.1 Å². The lowest BCUT2D eigenvalue weighted by Gasteiger charge is -2.09. The summed E-state index contributed by atoms with van der Waals surface area (Å²) in [5.74, 6) is -14.2. The molecule has 0 aliphatic carbocycles. The lowest BCUT2D eigenvalue weighted by atomic mass is 10.2. The zero-order valence-corrected chi connectivity index (χ0v) is 31.7. The fourth-order valence-electron chi connectivity index (χ4n) is 3.79. The molecule has 1 aromatic rings. The summed E-state index contributed by atoms with van der Waals surface area (Å²) < 4.78 is 152. The van der Waals surface area contributed by atoms with Gasteiger partial charge < -0.3 is 66.3 Å². The molecule has 0 saturated heterocycles. The van der Waals surface area contributed by atoms with Gasteiger partial charge in [-0.15, -0.1) is 0 Å². The molecule has 0 aromatic heterocycles. The first-order chi connectivity index (χ1) is 27.4. The van der Waals surface area contributed by atoms with Gasteiger partial charge in [0.05, 0.1) is 178 Å². The normalized spacial score (nSPS) is 11.5. The molecule has 15 nitrogen and oxygen atoms in total. The second-order valence-electron chi connectivity index (χ2n) is 10.8. The highest BCUT2D eigenvalue weighted by Gasteiger charge is 2.28. The van der Waals surface area contributed by atoms with Crippen molar-refractivity contribution in [1.29, 1.82) is 0 Å². The smallest absolute Gasteiger partial charge is 0.313 e. The van der Waals surface area contributed by atoms with Gasteiger partial charge in [0.25, 0.3) is 0 Å². The number of alkyl halides is 1. The van der Waals surface area contributed by atoms with Crippen molar-refractivity contribution in [3.8, 4) is 5.75 Å². The molecule has 21 heteroatoms. The molecule has 0 amide bonds. The van der Waals surface area contributed by atoms with Crippen molar-refractivity contribution in [2.45, 2.75) is 6.42 Å². The van der Waals surface area contributed by atoms with E-state index in [0.29, 0.717) is 139 Å². The van der Waals surface area contributed by atoms with Gasteiger partial charge in [-0.05, 0) is 0 Å². The first-order valence-electron chi connectivity index (χ1n) is 18.2. The Bertz CT molecular complexity index is 1050. The van der Waals surface area contributed by atoms with Crippen LogP contribution in [-0.4, -0.2) is 184 Å². The van der Waals surface area contributed by atoms with E-state index in [1.807, 2.05) is 0 Å². The van der Waals surface area contributed by atoms with E-state index in [4.69, 9.17) is 61.6 Å². The number of halogens is 6. The molecule has 0 aliphatic rings. The molecule has 0 atom stereocenters. The number of benzene rings is 1. The van der Waals surface area contributed by atoms with Crippen LogP contribution in [0.5, 0.6) is 5.75 Å². The number of ether oxygens (including phenoxy) is 14. The predicted molar refractivity (Wildman–Crippen MR) is 183 cm³/mol. The summed E-state index contributed by atoms with van der Waals surface area (Å²) in [6, 6.07) is 0. The number of rotatable bonds is 42. The molecule has 0 unspecified atom stereocenters. The van der Waals surface area contributed by atoms with Gasteiger partial charge in [0.2, 0.25) is 34.8 Å². The first kappa shape index (κ1) is 51.8. The minimum absolute atomic E-state index is 0.0743. The van der Waals surface area contributed by atoms with Crippen LogP contribution in [0.4, 0.5) is 26.3 Å². The Hall–Kier alpha value is -2.25. The molecule has 1 rings (SSSR count). The van der Waals surface area contributed by atoms with Crippen LogP contribution >= 0.6 is 0 Å². The summed E-state index contributed by atoms with van der Waals surface area (Å²) >= 11 is 0. The van der Waals surface area contributed by atoms with Crippen LogP contribution in [0.2, 0.25) is 0 Å². The van der Waals surface area contributed by atoms with E-state index in [9.17, 15) is 31.1 Å². The van der Waals surface area contributed by atoms with Crippen LogP contribution in [0, 0.1) is 29.1 Å². The Kier molecular flexibility index (Phi) is 35.4. The summed E-state index contributed by atoms with van der Waals surface area (Å²) in [7, 11) is 0. The standard InChI is InChI=1S/C35H56F6O15/c36-2-4-44-6-8-46-10-12-48-14-16-50-18-20-52-22-24-54-26-28-55-27-25-53-23-21-51-19-17-49-15-13-47-11-9-45-7-5-43-3-1-29(42)56-35-33(40)31(38)30(37)32(39)34(35)41/h1-28H2. The Balaban J connectivity index is 1.70. The first-order valence-corrected chi connectivity index (χ1v) is 18.2. The maximum Gasteiger partial charge on any atom is 0.313 e. The molecular formula is C35H56F6O15. The number of carbonyl (C=O) groups is 1. The molecule has 0 radical (unpaired) electrons. The molecule has 1 aromatic carbocycles. The van der Waals surface area contributed by atoms with E-state index >= 15 is 0 Å². The van der Waals surface area contributed by atoms with Crippen LogP contribution in [0.25, 0.3) is 0 Å². The minimum atomic E-state index is -2.35. The highest BCUT2D eigenvalue weighted by Crippen LogP contribution is 2.29. The summed E-state index contributed by atoms with van der Waals surface area (Å²) in [5, 5.41) is 0. The molecular weight excluding hydrogens is 774 g/mol. The van der Waals surface area contributed by atoms with Crippen molar-refractivity contribution < 1.29 is 97.5 Å². The SMILES string of the molecule is O=C(CCOCCOCCOCCOCCOCCOCCOCCOCCOCCOCCOCCOCCOCCF)Oc1c(F)c(F)c(F)c(F)c1F. The molecule has 0 spiro atoms. The zero-order valence-electron chi connectivity index (χ0n) is 31.7. The van der Waals surface area contributed by atoms with Gasteiger partial charge in [0.15, 0.2) is 0 Å². The third-order valence-electron chi connectivity index (χ3n) is 6.52. The van der Waals surface area contributed by atoms with Crippen LogP contribution < -0.4 is 4.74 Å². The van der Waals surface area contributed by atoms with E-state index < -0.39 is 53.9 Å². The van der Waals surface area contributed by atoms with Crippen LogP contribution in [0.15, 0.2) is 0 Å². The number of esters is 1. The molecule has 0 heterocycles. The second-order valence-corrected chi connectivity index (χ2v) is 10.8. The van der Waals surface area contributed by atoms with Crippen molar-refractivity contribution in [2.24, 2.45) is 0 Å². The zero-order chi connectivity index (χ0) is 40.7. The average molecular weight is 831 g/mol. The minimum Gasteiger partial charge on any atom is -0.420 e. The Morgan fingerprint density at radius 1 is 0.304 bits per heavy atom. The van der Waals surface area contributed by atoms with Gasteiger partial charge in [0.1, 0.15) is 6.67 Å². The monoisotopic (exact) mass is 830 g/mol. The third-order valence-corrected chi connectivity index (χ3v) is 6.52. The maximum atomic E-state index is 13.6. The van der Waals surface area contributed by atoms with E-state index in [1.54, 1.807) is 0 Å². The van der Waals surface area contributed by atoms with E-state index in [0.717, 1.165) is 0 Å². The third kappa shape index (κ3) is 29.0. The average Bonchev–Trinajstić information content (AvgIpc) is 3.20. The van der Waals surface area contributed by atoms with Crippen molar-refractivity contribution in [3.63, 3.8) is 0 Å². The number of hydrogen-bond acceptors (Lipinski definition) is 15. The molecule has 0 fully saturated rings. The van der Waals surface area contributed by atoms with Gasteiger partial charge in [0, 0.05) is 0 Å². The van der Waals surface area contributed by atoms with Crippen molar-refractivity contribution >= 4 is 5.97 Å². The van der Waals surface area contributed by atoms with E-state index in [1.165, 1.54) is 0 Å². The quantitative estimate of drug-likeness (QED) is 0.0238. The molecule has 0 N–H and O–H groups in total. The van der Waals surface area contributed by atoms with Crippen LogP contribution in [0.3, 0.4) is 0 Å². The summed E-state index contributed by atoms with van der Waals surface area (Å²) in [5.41, 5.74) is 0. The molecule has 56 heavy (non-hydrogen) atoms. The maximum absolute atomic E-state index is 13.6. The summed E-state index contributed by atoms with van der Waals surface area (Å²) in [4.78, 5) is 11.7. The summed E-state index contributed by atoms with van der Waals surface area (Å²) in [6.07, 6.45) is -0.492. The van der Waals surface area contributed by atoms with Crippen LogP contribution in [0.1, 0.15) is 6.42 Å². The number of hydrogen-bond donors (Lipinski definition) is 0. The lowest BCUT2D eigenvalue weighted by Crippen LogP contribution is -2.16. The van der Waals surface area contributed by atoms with E-state index in [2.05, 4.69) is 4.74 Å². The Labute approximate surface area is 323 Å². The topological polar surface area (TPSA) is 146 Å². The summed E-state index contributed by atoms with van der Waals surface area (Å²) in [6.45, 7) is 8.73. The van der Waals surface area contributed by atoms with Crippen molar-refractivity contribution in [2.75, 3.05) is 178 Å². The van der Waals surface area contributed by atoms with Gasteiger partial charge in [-0.3, -0.25) is 4.79 Å². The molecule has 0 bridgehead atoms. The Morgan fingerprint density at radius 2 is 0.500 bits per heavy atom. The van der Waals surface area contributed by atoms with E-state index in [-0.39, 0.29) is 33.0 Å². The second kappa shape index (κ2) is 38.3. The fraction of sp³-hybridized carbons (Fsp3) is 0.800. The molecule has 0 aliphatic heterocycles. The van der Waals surface area contributed by atoms with Crippen LogP contribution in [-0.2, 0) is 66.4 Å². The fourth-order valence-corrected chi connectivity index (χ4v) is 3.79. The molecule has 0 saturated carbocycles. The lowest BCUT2D eigenvalue weighted by molar-refractivity contribution is -0.136. The van der Waals surface area contributed by atoms with Gasteiger partial charge in [-0.1, -0.05) is 0 Å². The molecule has 328 valence electrons.